The number of carbonyl (C=O) groups is 1. The Morgan fingerprint density at radius 3 is 2.50 bits per heavy atom. The van der Waals surface area contributed by atoms with Gasteiger partial charge in [0.2, 0.25) is 5.78 Å². The Kier molecular flexibility index (Phi) is 2.82. The average molecular weight is 211 g/mol. The Balaban J connectivity index is 2.35. The summed E-state index contributed by atoms with van der Waals surface area (Å²) >= 11 is 0. The molecule has 0 N–H and O–H groups in total. The molecule has 0 unspecified atom stereocenters. The van der Waals surface area contributed by atoms with Gasteiger partial charge in [-0.1, -0.05) is 29.8 Å². The fourth-order valence-corrected chi connectivity index (χ4v) is 1.54. The van der Waals surface area contributed by atoms with Crippen LogP contribution < -0.4 is 0 Å². The zero-order valence-electron chi connectivity index (χ0n) is 9.40. The zero-order valence-corrected chi connectivity index (χ0v) is 9.40. The maximum Gasteiger partial charge on any atom is 0.211 e. The standard InChI is InChI=1S/C14H13NO/c1-10-4-3-5-12(8-10)14(16)13-7-6-11(2)9-15-13/h3-9H,1-2H3. The van der Waals surface area contributed by atoms with E-state index in [2.05, 4.69) is 4.98 Å². The van der Waals surface area contributed by atoms with Crippen LogP contribution in [-0.4, -0.2) is 10.8 Å². The minimum atomic E-state index is -0.0244. The molecule has 0 atom stereocenters. The fourth-order valence-electron chi connectivity index (χ4n) is 1.54. The second kappa shape index (κ2) is 4.27. The molecule has 0 saturated carbocycles. The van der Waals surface area contributed by atoms with E-state index in [1.165, 1.54) is 0 Å². The number of pyridine rings is 1. The van der Waals surface area contributed by atoms with Gasteiger partial charge in [0.05, 0.1) is 0 Å². The third-order valence-corrected chi connectivity index (χ3v) is 2.42. The highest BCUT2D eigenvalue weighted by Crippen LogP contribution is 2.10. The van der Waals surface area contributed by atoms with E-state index < -0.39 is 0 Å². The third-order valence-electron chi connectivity index (χ3n) is 2.42. The smallest absolute Gasteiger partial charge is 0.211 e. The van der Waals surface area contributed by atoms with Gasteiger partial charge in [0.1, 0.15) is 5.69 Å². The number of rotatable bonds is 2. The second-order valence-electron chi connectivity index (χ2n) is 3.92. The molecular formula is C14H13NO. The van der Waals surface area contributed by atoms with Gasteiger partial charge in [-0.3, -0.25) is 9.78 Å². The number of benzene rings is 1. The van der Waals surface area contributed by atoms with Crippen molar-refractivity contribution in [2.45, 2.75) is 13.8 Å². The Morgan fingerprint density at radius 1 is 1.06 bits per heavy atom. The molecule has 0 amide bonds. The van der Waals surface area contributed by atoms with Crippen LogP contribution in [0.5, 0.6) is 0 Å². The molecule has 2 aromatic rings. The van der Waals surface area contributed by atoms with E-state index in [4.69, 9.17) is 0 Å². The first kappa shape index (κ1) is 10.6. The minimum Gasteiger partial charge on any atom is -0.287 e. The molecule has 0 spiro atoms. The molecule has 16 heavy (non-hydrogen) atoms. The number of nitrogens with zero attached hydrogens (tertiary/aromatic N) is 1. The molecule has 0 aliphatic carbocycles. The Bertz CT molecular complexity index is 515. The van der Waals surface area contributed by atoms with E-state index in [-0.39, 0.29) is 5.78 Å². The second-order valence-corrected chi connectivity index (χ2v) is 3.92. The molecule has 1 aromatic heterocycles. The van der Waals surface area contributed by atoms with Gasteiger partial charge in [0, 0.05) is 11.8 Å². The van der Waals surface area contributed by atoms with E-state index in [1.54, 1.807) is 12.3 Å². The summed E-state index contributed by atoms with van der Waals surface area (Å²) in [6.45, 7) is 3.92. The first-order chi connectivity index (χ1) is 7.66. The summed E-state index contributed by atoms with van der Waals surface area (Å²) < 4.78 is 0. The third kappa shape index (κ3) is 2.16. The van der Waals surface area contributed by atoms with E-state index in [1.807, 2.05) is 44.2 Å². The predicted octanol–water partition coefficient (Wildman–Crippen LogP) is 2.93. The Hall–Kier alpha value is -1.96. The van der Waals surface area contributed by atoms with Crippen LogP contribution in [0.3, 0.4) is 0 Å². The van der Waals surface area contributed by atoms with Crippen molar-refractivity contribution in [1.82, 2.24) is 4.98 Å². The van der Waals surface area contributed by atoms with Gasteiger partial charge in [0.15, 0.2) is 0 Å². The minimum absolute atomic E-state index is 0.0244. The largest absolute Gasteiger partial charge is 0.287 e. The van der Waals surface area contributed by atoms with Crippen molar-refractivity contribution in [2.75, 3.05) is 0 Å². The first-order valence-corrected chi connectivity index (χ1v) is 5.21. The lowest BCUT2D eigenvalue weighted by Crippen LogP contribution is -2.03. The number of aromatic nitrogens is 1. The lowest BCUT2D eigenvalue weighted by molar-refractivity contribution is 0.103. The average Bonchev–Trinajstić information content (AvgIpc) is 2.29. The highest BCUT2D eigenvalue weighted by Gasteiger charge is 2.09. The summed E-state index contributed by atoms with van der Waals surface area (Å²) in [7, 11) is 0. The SMILES string of the molecule is Cc1ccc(C(=O)c2cccc(C)c2)nc1. The van der Waals surface area contributed by atoms with Crippen LogP contribution >= 0.6 is 0 Å². The Labute approximate surface area is 95.0 Å². The van der Waals surface area contributed by atoms with Crippen molar-refractivity contribution in [3.63, 3.8) is 0 Å². The number of hydrogen-bond donors (Lipinski definition) is 0. The van der Waals surface area contributed by atoms with Crippen LogP contribution in [0.1, 0.15) is 27.2 Å². The number of ketones is 1. The van der Waals surface area contributed by atoms with Crippen molar-refractivity contribution in [2.24, 2.45) is 0 Å². The number of carbonyl (C=O) groups excluding carboxylic acids is 1. The van der Waals surface area contributed by atoms with Gasteiger partial charge in [-0.2, -0.15) is 0 Å². The normalized spacial score (nSPS) is 10.1. The molecule has 0 aliphatic rings. The molecule has 2 nitrogen and oxygen atoms in total. The maximum absolute atomic E-state index is 12.0. The van der Waals surface area contributed by atoms with Gasteiger partial charge in [-0.25, -0.2) is 0 Å². The summed E-state index contributed by atoms with van der Waals surface area (Å²) in [6.07, 6.45) is 1.71. The van der Waals surface area contributed by atoms with Gasteiger partial charge in [0.25, 0.3) is 0 Å². The monoisotopic (exact) mass is 211 g/mol. The molecule has 0 radical (unpaired) electrons. The molecule has 80 valence electrons. The lowest BCUT2D eigenvalue weighted by Gasteiger charge is -2.01. The van der Waals surface area contributed by atoms with Crippen molar-refractivity contribution in [1.29, 1.82) is 0 Å². The molecule has 2 heteroatoms. The van der Waals surface area contributed by atoms with Crippen molar-refractivity contribution >= 4 is 5.78 Å². The molecule has 2 rings (SSSR count). The van der Waals surface area contributed by atoms with E-state index >= 15 is 0 Å². The van der Waals surface area contributed by atoms with E-state index in [0.29, 0.717) is 11.3 Å². The molecule has 0 fully saturated rings. The van der Waals surface area contributed by atoms with Crippen molar-refractivity contribution < 1.29 is 4.79 Å². The summed E-state index contributed by atoms with van der Waals surface area (Å²) in [4.78, 5) is 16.2. The fraction of sp³-hybridized carbons (Fsp3) is 0.143. The first-order valence-electron chi connectivity index (χ1n) is 5.21. The lowest BCUT2D eigenvalue weighted by atomic mass is 10.1. The highest BCUT2D eigenvalue weighted by molar-refractivity contribution is 6.07. The van der Waals surface area contributed by atoms with Crippen LogP contribution in [-0.2, 0) is 0 Å². The molecule has 1 heterocycles. The van der Waals surface area contributed by atoms with Gasteiger partial charge in [-0.05, 0) is 31.5 Å². The maximum atomic E-state index is 12.0. The van der Waals surface area contributed by atoms with Gasteiger partial charge in [-0.15, -0.1) is 0 Å². The summed E-state index contributed by atoms with van der Waals surface area (Å²) in [5.41, 5.74) is 3.33. The molecular weight excluding hydrogens is 198 g/mol. The van der Waals surface area contributed by atoms with Gasteiger partial charge >= 0.3 is 0 Å². The van der Waals surface area contributed by atoms with Crippen LogP contribution in [0, 0.1) is 13.8 Å². The van der Waals surface area contributed by atoms with Crippen molar-refractivity contribution in [3.8, 4) is 0 Å². The summed E-state index contributed by atoms with van der Waals surface area (Å²) in [6, 6.07) is 11.2. The molecule has 0 bridgehead atoms. The summed E-state index contributed by atoms with van der Waals surface area (Å²) in [5, 5.41) is 0. The van der Waals surface area contributed by atoms with Crippen molar-refractivity contribution in [3.05, 3.63) is 65.0 Å². The highest BCUT2D eigenvalue weighted by atomic mass is 16.1. The van der Waals surface area contributed by atoms with Crippen LogP contribution in [0.15, 0.2) is 42.6 Å². The topological polar surface area (TPSA) is 30.0 Å². The number of hydrogen-bond acceptors (Lipinski definition) is 2. The quantitative estimate of drug-likeness (QED) is 0.715. The van der Waals surface area contributed by atoms with Crippen LogP contribution in [0.4, 0.5) is 0 Å². The molecule has 0 saturated heterocycles. The molecule has 1 aromatic carbocycles. The summed E-state index contributed by atoms with van der Waals surface area (Å²) in [5.74, 6) is -0.0244. The van der Waals surface area contributed by atoms with Crippen LogP contribution in [0.25, 0.3) is 0 Å². The van der Waals surface area contributed by atoms with Crippen LogP contribution in [0.2, 0.25) is 0 Å². The van der Waals surface area contributed by atoms with E-state index in [9.17, 15) is 4.79 Å². The molecule has 0 aliphatic heterocycles. The van der Waals surface area contributed by atoms with Gasteiger partial charge < -0.3 is 0 Å². The number of aryl methyl sites for hydroxylation is 2. The van der Waals surface area contributed by atoms with E-state index in [0.717, 1.165) is 11.1 Å². The predicted molar refractivity (Wildman–Crippen MR) is 63.6 cm³/mol. The zero-order chi connectivity index (χ0) is 11.5. The Morgan fingerprint density at radius 2 is 1.88 bits per heavy atom.